The summed E-state index contributed by atoms with van der Waals surface area (Å²) >= 11 is 6.52. The second-order valence-corrected chi connectivity index (χ2v) is 6.11. The molecule has 0 bridgehead atoms. The van der Waals surface area contributed by atoms with E-state index in [1.807, 2.05) is 11.7 Å². The highest BCUT2D eigenvalue weighted by atomic mass is 35.5. The lowest BCUT2D eigenvalue weighted by atomic mass is 10.3. The number of rotatable bonds is 3. The van der Waals surface area contributed by atoms with E-state index in [-0.39, 0.29) is 0 Å². The van der Waals surface area contributed by atoms with Crippen LogP contribution >= 0.6 is 11.6 Å². The van der Waals surface area contributed by atoms with Gasteiger partial charge < -0.3 is 10.2 Å². The zero-order valence-electron chi connectivity index (χ0n) is 12.3. The molecule has 114 valence electrons. The molecule has 8 heteroatoms. The fourth-order valence-electron chi connectivity index (χ4n) is 2.89. The van der Waals surface area contributed by atoms with Gasteiger partial charge in [0.25, 0.3) is 0 Å². The van der Waals surface area contributed by atoms with Crippen LogP contribution in [0, 0.1) is 11.3 Å². The third-order valence-electron chi connectivity index (χ3n) is 4.26. The minimum absolute atomic E-state index is 0.472. The molecule has 0 atom stereocenters. The summed E-state index contributed by atoms with van der Waals surface area (Å²) in [6.07, 6.45) is 3.87. The maximum Gasteiger partial charge on any atom is 0.196 e. The van der Waals surface area contributed by atoms with Crippen LogP contribution in [0.4, 0.5) is 5.82 Å². The normalized spacial score (nSPS) is 17.1. The first-order valence-corrected chi connectivity index (χ1v) is 7.75. The van der Waals surface area contributed by atoms with Crippen molar-refractivity contribution in [3.63, 3.8) is 0 Å². The van der Waals surface area contributed by atoms with Crippen molar-refractivity contribution in [2.45, 2.75) is 32.0 Å². The minimum Gasteiger partial charge on any atom is -0.355 e. The van der Waals surface area contributed by atoms with Crippen molar-refractivity contribution in [2.24, 2.45) is 0 Å². The SMILES string of the molecule is CN(c1c(C#N)cnn1-c1nn2c(c1Cl)CNCC2)C1CC1. The summed E-state index contributed by atoms with van der Waals surface area (Å²) in [4.78, 5) is 2.11. The molecule has 3 heterocycles. The molecule has 7 nitrogen and oxygen atoms in total. The Morgan fingerprint density at radius 1 is 1.50 bits per heavy atom. The van der Waals surface area contributed by atoms with Gasteiger partial charge in [-0.15, -0.1) is 0 Å². The van der Waals surface area contributed by atoms with Crippen LogP contribution < -0.4 is 10.2 Å². The molecule has 22 heavy (non-hydrogen) atoms. The zero-order valence-corrected chi connectivity index (χ0v) is 13.0. The molecule has 1 aliphatic carbocycles. The van der Waals surface area contributed by atoms with Crippen molar-refractivity contribution < 1.29 is 0 Å². The van der Waals surface area contributed by atoms with E-state index in [2.05, 4.69) is 26.5 Å². The summed E-state index contributed by atoms with van der Waals surface area (Å²) in [5.41, 5.74) is 1.52. The molecule has 2 aliphatic rings. The average molecular weight is 318 g/mol. The van der Waals surface area contributed by atoms with Gasteiger partial charge in [0.1, 0.15) is 16.7 Å². The van der Waals surface area contributed by atoms with E-state index in [4.69, 9.17) is 11.6 Å². The van der Waals surface area contributed by atoms with E-state index in [0.29, 0.717) is 29.0 Å². The molecule has 1 saturated carbocycles. The maximum absolute atomic E-state index is 9.36. The van der Waals surface area contributed by atoms with Crippen LogP contribution in [0.15, 0.2) is 6.20 Å². The number of anilines is 1. The molecular weight excluding hydrogens is 302 g/mol. The van der Waals surface area contributed by atoms with Crippen LogP contribution in [0.3, 0.4) is 0 Å². The molecule has 4 rings (SSSR count). The van der Waals surface area contributed by atoms with Crippen molar-refractivity contribution in [3.8, 4) is 11.9 Å². The van der Waals surface area contributed by atoms with Gasteiger partial charge in [-0.3, -0.25) is 4.68 Å². The Labute approximate surface area is 133 Å². The first-order chi connectivity index (χ1) is 10.7. The average Bonchev–Trinajstić information content (AvgIpc) is 3.22. The fraction of sp³-hybridized carbons (Fsp3) is 0.500. The molecule has 2 aromatic heterocycles. The number of nitrogens with zero attached hydrogens (tertiary/aromatic N) is 6. The number of nitriles is 1. The highest BCUT2D eigenvalue weighted by Crippen LogP contribution is 2.35. The molecule has 0 radical (unpaired) electrons. The number of fused-ring (bicyclic) bond motifs is 1. The van der Waals surface area contributed by atoms with Crippen LogP contribution in [-0.4, -0.2) is 39.2 Å². The first kappa shape index (κ1) is 13.6. The minimum atomic E-state index is 0.472. The maximum atomic E-state index is 9.36. The van der Waals surface area contributed by atoms with E-state index >= 15 is 0 Å². The third-order valence-corrected chi connectivity index (χ3v) is 4.65. The fourth-order valence-corrected chi connectivity index (χ4v) is 3.17. The van der Waals surface area contributed by atoms with Gasteiger partial charge in [-0.1, -0.05) is 11.6 Å². The largest absolute Gasteiger partial charge is 0.355 e. The van der Waals surface area contributed by atoms with Gasteiger partial charge in [-0.25, -0.2) is 0 Å². The summed E-state index contributed by atoms with van der Waals surface area (Å²) in [6, 6.07) is 2.69. The lowest BCUT2D eigenvalue weighted by Crippen LogP contribution is -2.28. The van der Waals surface area contributed by atoms with Crippen molar-refractivity contribution in [1.82, 2.24) is 24.9 Å². The zero-order chi connectivity index (χ0) is 15.3. The van der Waals surface area contributed by atoms with E-state index in [0.717, 1.165) is 37.4 Å². The highest BCUT2D eigenvalue weighted by Gasteiger charge is 2.32. The third kappa shape index (κ3) is 1.99. The molecule has 0 aromatic carbocycles. The molecule has 0 spiro atoms. The number of hydrogen-bond acceptors (Lipinski definition) is 5. The van der Waals surface area contributed by atoms with Crippen LogP contribution in [0.2, 0.25) is 5.02 Å². The Morgan fingerprint density at radius 2 is 2.32 bits per heavy atom. The van der Waals surface area contributed by atoms with Gasteiger partial charge >= 0.3 is 0 Å². The van der Waals surface area contributed by atoms with Crippen molar-refractivity contribution >= 4 is 17.4 Å². The Hall–Kier alpha value is -2.04. The van der Waals surface area contributed by atoms with Crippen molar-refractivity contribution in [3.05, 3.63) is 22.5 Å². The Balaban J connectivity index is 1.85. The lowest BCUT2D eigenvalue weighted by molar-refractivity contribution is 0.474. The van der Waals surface area contributed by atoms with Gasteiger partial charge in [0.15, 0.2) is 11.6 Å². The number of aromatic nitrogens is 4. The summed E-state index contributed by atoms with van der Waals surface area (Å²) < 4.78 is 3.62. The number of hydrogen-bond donors (Lipinski definition) is 1. The molecule has 0 unspecified atom stereocenters. The second-order valence-electron chi connectivity index (χ2n) is 5.73. The Morgan fingerprint density at radius 3 is 3.00 bits per heavy atom. The van der Waals surface area contributed by atoms with Crippen LogP contribution in [-0.2, 0) is 13.1 Å². The summed E-state index contributed by atoms with van der Waals surface area (Å²) in [5, 5.41) is 22.2. The van der Waals surface area contributed by atoms with Gasteiger partial charge in [0, 0.05) is 26.2 Å². The molecule has 1 fully saturated rings. The monoisotopic (exact) mass is 317 g/mol. The quantitative estimate of drug-likeness (QED) is 0.923. The van der Waals surface area contributed by atoms with Gasteiger partial charge in [0.2, 0.25) is 0 Å². The smallest absolute Gasteiger partial charge is 0.196 e. The molecule has 1 aliphatic heterocycles. The van der Waals surface area contributed by atoms with E-state index < -0.39 is 0 Å². The molecular formula is C14H16ClN7. The van der Waals surface area contributed by atoms with E-state index in [9.17, 15) is 5.26 Å². The predicted octanol–water partition coefficient (Wildman–Crippen LogP) is 1.30. The van der Waals surface area contributed by atoms with Crippen molar-refractivity contribution in [2.75, 3.05) is 18.5 Å². The van der Waals surface area contributed by atoms with Gasteiger partial charge in [-0.2, -0.15) is 20.1 Å². The number of nitrogens with one attached hydrogen (secondary N) is 1. The van der Waals surface area contributed by atoms with Crippen LogP contribution in [0.5, 0.6) is 0 Å². The van der Waals surface area contributed by atoms with Gasteiger partial charge in [0.05, 0.1) is 18.4 Å². The topological polar surface area (TPSA) is 74.7 Å². The predicted molar refractivity (Wildman–Crippen MR) is 82.2 cm³/mol. The number of halogens is 1. The highest BCUT2D eigenvalue weighted by molar-refractivity contribution is 6.32. The summed E-state index contributed by atoms with van der Waals surface area (Å²) in [5.74, 6) is 1.37. The van der Waals surface area contributed by atoms with Crippen LogP contribution in [0.25, 0.3) is 5.82 Å². The molecule has 1 N–H and O–H groups in total. The standard InChI is InChI=1S/C14H16ClN7/c1-20(10-2-3-10)14-9(6-16)7-18-22(14)13-12(15)11-8-17-4-5-21(11)19-13/h7,10,17H,2-5,8H2,1H3. The molecule has 0 amide bonds. The van der Waals surface area contributed by atoms with Crippen molar-refractivity contribution in [1.29, 1.82) is 5.26 Å². The van der Waals surface area contributed by atoms with E-state index in [1.54, 1.807) is 10.9 Å². The molecule has 0 saturated heterocycles. The Bertz CT molecular complexity index is 765. The lowest BCUT2D eigenvalue weighted by Gasteiger charge is -2.19. The molecule has 2 aromatic rings. The van der Waals surface area contributed by atoms with Crippen LogP contribution in [0.1, 0.15) is 24.1 Å². The first-order valence-electron chi connectivity index (χ1n) is 7.38. The van der Waals surface area contributed by atoms with Gasteiger partial charge in [-0.05, 0) is 12.8 Å². The Kier molecular flexibility index (Phi) is 3.10. The summed E-state index contributed by atoms with van der Waals surface area (Å²) in [6.45, 7) is 2.36. The van der Waals surface area contributed by atoms with E-state index in [1.165, 1.54) is 0 Å². The summed E-state index contributed by atoms with van der Waals surface area (Å²) in [7, 11) is 2.00. The second kappa shape index (κ2) is 5.00.